The van der Waals surface area contributed by atoms with Gasteiger partial charge in [0.15, 0.2) is 0 Å². The first-order valence-electron chi connectivity index (χ1n) is 13.2. The molecule has 3 aliphatic rings. The van der Waals surface area contributed by atoms with Crippen molar-refractivity contribution in [3.63, 3.8) is 0 Å². The fourth-order valence-electron chi connectivity index (χ4n) is 6.50. The Balaban J connectivity index is 1.45. The quantitative estimate of drug-likeness (QED) is 0.432. The lowest BCUT2D eigenvalue weighted by Crippen LogP contribution is -2.54. The van der Waals surface area contributed by atoms with Crippen molar-refractivity contribution in [2.45, 2.75) is 45.6 Å². The Bertz CT molecular complexity index is 1540. The van der Waals surface area contributed by atoms with Gasteiger partial charge in [0, 0.05) is 29.1 Å². The molecule has 38 heavy (non-hydrogen) atoms. The fraction of sp³-hybridized carbons (Fsp3) is 0.333. The van der Waals surface area contributed by atoms with Crippen molar-refractivity contribution in [3.05, 3.63) is 71.1 Å². The Morgan fingerprint density at radius 3 is 2.45 bits per heavy atom. The van der Waals surface area contributed by atoms with E-state index in [1.807, 2.05) is 38.2 Å². The molecule has 1 fully saturated rings. The standard InChI is InChI=1S/C30H30N4O4/c1-18(2)34(27-22(17-33-34)15-30(16-26(27)35)8-11-31-12-9-30)28(36)21-13-24(23-7-10-32-25(23)14-21)19-3-5-20(6-4-19)29(37)38/h3-7,10,13-14,17-18,31H,8-9,11-12,15-16H2,1-2H3,(H-,32,36,37,38)/p+1. The topological polar surface area (TPSA) is 112 Å². The molecule has 3 heterocycles. The van der Waals surface area contributed by atoms with Gasteiger partial charge >= 0.3 is 11.9 Å². The van der Waals surface area contributed by atoms with Gasteiger partial charge in [-0.15, -0.1) is 0 Å². The first-order valence-corrected chi connectivity index (χ1v) is 13.2. The van der Waals surface area contributed by atoms with Crippen LogP contribution in [0.5, 0.6) is 0 Å². The molecule has 1 aliphatic carbocycles. The maximum Gasteiger partial charge on any atom is 0.377 e. The highest BCUT2D eigenvalue weighted by molar-refractivity contribution is 6.08. The number of Topliss-reactive ketones (excluding diaryl/α,β-unsaturated/α-hetero) is 1. The van der Waals surface area contributed by atoms with Gasteiger partial charge in [-0.05, 0) is 93.1 Å². The molecule has 1 spiro atoms. The van der Waals surface area contributed by atoms with Crippen LogP contribution in [0.15, 0.2) is 65.0 Å². The molecule has 1 amide bonds. The van der Waals surface area contributed by atoms with Gasteiger partial charge in [0.05, 0.1) is 17.3 Å². The second kappa shape index (κ2) is 8.85. The maximum absolute atomic E-state index is 14.4. The van der Waals surface area contributed by atoms with E-state index in [1.165, 1.54) is 0 Å². The van der Waals surface area contributed by atoms with Crippen LogP contribution in [0, 0.1) is 5.41 Å². The first-order chi connectivity index (χ1) is 18.2. The van der Waals surface area contributed by atoms with E-state index >= 15 is 0 Å². The van der Waals surface area contributed by atoms with E-state index in [9.17, 15) is 19.5 Å². The van der Waals surface area contributed by atoms with Crippen LogP contribution >= 0.6 is 0 Å². The summed E-state index contributed by atoms with van der Waals surface area (Å²) in [4.78, 5) is 42.8. The summed E-state index contributed by atoms with van der Waals surface area (Å²) in [6.45, 7) is 5.68. The number of ketones is 1. The Hall–Kier alpha value is -3.88. The molecule has 1 saturated heterocycles. The minimum Gasteiger partial charge on any atom is -0.478 e. The minimum absolute atomic E-state index is 0.0261. The number of rotatable bonds is 4. The number of carboxylic acids is 1. The molecule has 1 aromatic heterocycles. The number of aromatic amines is 1. The van der Waals surface area contributed by atoms with Crippen LogP contribution in [0.3, 0.4) is 0 Å². The van der Waals surface area contributed by atoms with Crippen molar-refractivity contribution in [1.82, 2.24) is 10.3 Å². The molecular formula is C30H31N4O4+. The highest BCUT2D eigenvalue weighted by Crippen LogP contribution is 2.49. The number of nitrogens with zero attached hydrogens (tertiary/aromatic N) is 2. The van der Waals surface area contributed by atoms with E-state index in [4.69, 9.17) is 5.10 Å². The van der Waals surface area contributed by atoms with E-state index in [1.54, 1.807) is 30.5 Å². The van der Waals surface area contributed by atoms with Gasteiger partial charge in [-0.2, -0.15) is 0 Å². The van der Waals surface area contributed by atoms with Crippen molar-refractivity contribution in [3.8, 4) is 11.1 Å². The van der Waals surface area contributed by atoms with Crippen LogP contribution in [-0.2, 0) is 4.79 Å². The predicted octanol–water partition coefficient (Wildman–Crippen LogP) is 4.88. The third-order valence-electron chi connectivity index (χ3n) is 8.49. The van der Waals surface area contributed by atoms with Crippen molar-refractivity contribution < 1.29 is 24.1 Å². The number of nitrogens with one attached hydrogen (secondary N) is 2. The number of hydrogen-bond donors (Lipinski definition) is 3. The summed E-state index contributed by atoms with van der Waals surface area (Å²) in [5.74, 6) is -1.20. The zero-order valence-corrected chi connectivity index (χ0v) is 21.6. The number of amides is 1. The van der Waals surface area contributed by atoms with Crippen molar-refractivity contribution in [1.29, 1.82) is 0 Å². The van der Waals surface area contributed by atoms with E-state index in [0.29, 0.717) is 17.7 Å². The first kappa shape index (κ1) is 24.5. The minimum atomic E-state index is -0.991. The van der Waals surface area contributed by atoms with Crippen LogP contribution in [0.1, 0.15) is 60.2 Å². The molecule has 0 radical (unpaired) electrons. The average molecular weight is 512 g/mol. The molecule has 194 valence electrons. The van der Waals surface area contributed by atoms with Crippen LogP contribution in [0.25, 0.3) is 22.0 Å². The second-order valence-corrected chi connectivity index (χ2v) is 11.1. The smallest absolute Gasteiger partial charge is 0.377 e. The number of piperidine rings is 1. The number of aromatic nitrogens is 1. The van der Waals surface area contributed by atoms with Gasteiger partial charge in [0.2, 0.25) is 11.5 Å². The van der Waals surface area contributed by atoms with Gasteiger partial charge < -0.3 is 15.4 Å². The van der Waals surface area contributed by atoms with Gasteiger partial charge in [0.1, 0.15) is 6.04 Å². The number of quaternary nitrogens is 1. The number of carbonyl (C=O) groups is 3. The molecule has 0 saturated carbocycles. The Morgan fingerprint density at radius 1 is 1.03 bits per heavy atom. The van der Waals surface area contributed by atoms with Gasteiger partial charge in [-0.25, -0.2) is 9.59 Å². The lowest BCUT2D eigenvalue weighted by molar-refractivity contribution is -0.833. The summed E-state index contributed by atoms with van der Waals surface area (Å²) in [6.07, 6.45) is 6.72. The second-order valence-electron chi connectivity index (χ2n) is 11.1. The molecular weight excluding hydrogens is 480 g/mol. The fourth-order valence-corrected chi connectivity index (χ4v) is 6.50. The molecule has 1 unspecified atom stereocenters. The molecule has 2 aliphatic heterocycles. The Labute approximate surface area is 220 Å². The van der Waals surface area contributed by atoms with Crippen LogP contribution in [0.2, 0.25) is 0 Å². The summed E-state index contributed by atoms with van der Waals surface area (Å²) in [5.41, 5.74) is 4.42. The van der Waals surface area contributed by atoms with Crippen LogP contribution < -0.4 is 5.32 Å². The molecule has 0 bridgehead atoms. The van der Waals surface area contributed by atoms with Crippen LogP contribution in [0.4, 0.5) is 0 Å². The van der Waals surface area contributed by atoms with Gasteiger partial charge in [0.25, 0.3) is 0 Å². The Morgan fingerprint density at radius 2 is 1.76 bits per heavy atom. The number of aromatic carboxylic acids is 1. The number of fused-ring (bicyclic) bond motifs is 1. The number of H-pyrrole nitrogens is 1. The van der Waals surface area contributed by atoms with Crippen molar-refractivity contribution >= 4 is 34.8 Å². The van der Waals surface area contributed by atoms with Crippen molar-refractivity contribution in [2.24, 2.45) is 10.5 Å². The summed E-state index contributed by atoms with van der Waals surface area (Å²) >= 11 is 0. The van der Waals surface area contributed by atoms with E-state index in [-0.39, 0.29) is 33.3 Å². The zero-order valence-electron chi connectivity index (χ0n) is 21.6. The van der Waals surface area contributed by atoms with Gasteiger partial charge in [-0.3, -0.25) is 4.79 Å². The molecule has 2 aromatic carbocycles. The average Bonchev–Trinajstić information content (AvgIpc) is 3.54. The lowest BCUT2D eigenvalue weighted by atomic mass is 9.67. The summed E-state index contributed by atoms with van der Waals surface area (Å²) in [7, 11) is 0. The monoisotopic (exact) mass is 511 g/mol. The lowest BCUT2D eigenvalue weighted by Gasteiger charge is -2.41. The SMILES string of the molecule is CC(C)[N+]1(C(=O)c2cc(-c3ccc(C(=O)O)cc3)c3cc[nH]c3c2)N=CC2=C1C(=O)CC1(CCNCC1)C2. The predicted molar refractivity (Wildman–Crippen MR) is 145 cm³/mol. The highest BCUT2D eigenvalue weighted by Gasteiger charge is 2.57. The summed E-state index contributed by atoms with van der Waals surface area (Å²) < 4.78 is -0.355. The third kappa shape index (κ3) is 3.67. The number of hydrogen-bond acceptors (Lipinski definition) is 5. The van der Waals surface area contributed by atoms with E-state index in [2.05, 4.69) is 10.3 Å². The normalized spacial score (nSPS) is 22.4. The van der Waals surface area contributed by atoms with Gasteiger partial charge in [-0.1, -0.05) is 21.8 Å². The number of allylic oxidation sites excluding steroid dienone is 2. The highest BCUT2D eigenvalue weighted by atomic mass is 16.4. The molecule has 8 heteroatoms. The third-order valence-corrected chi connectivity index (χ3v) is 8.49. The van der Waals surface area contributed by atoms with E-state index < -0.39 is 5.97 Å². The molecule has 6 rings (SSSR count). The maximum atomic E-state index is 14.4. The largest absolute Gasteiger partial charge is 0.478 e. The zero-order chi connectivity index (χ0) is 26.7. The Kier molecular flexibility index (Phi) is 5.70. The molecule has 1 atom stereocenters. The van der Waals surface area contributed by atoms with Crippen molar-refractivity contribution in [2.75, 3.05) is 13.1 Å². The summed E-state index contributed by atoms with van der Waals surface area (Å²) in [6, 6.07) is 12.0. The van der Waals surface area contributed by atoms with E-state index in [0.717, 1.165) is 60.0 Å². The molecule has 3 N–H and O–H groups in total. The molecule has 8 nitrogen and oxygen atoms in total. The number of benzene rings is 2. The number of carboxylic acid groups (broad SMARTS) is 1. The number of carbonyl (C=O) groups excluding carboxylic acids is 2. The molecule has 3 aromatic rings. The summed E-state index contributed by atoms with van der Waals surface area (Å²) in [5, 5.41) is 18.4. The van der Waals surface area contributed by atoms with Crippen LogP contribution in [-0.4, -0.2) is 57.7 Å².